The molecule has 0 aliphatic rings. The van der Waals surface area contributed by atoms with Gasteiger partial charge in [0.25, 0.3) is 5.78 Å². The van der Waals surface area contributed by atoms with Crippen LogP contribution < -0.4 is 4.74 Å². The number of methoxy groups -OCH3 is 2. The molecule has 2 aromatic heterocycles. The molecule has 0 saturated heterocycles. The van der Waals surface area contributed by atoms with E-state index in [2.05, 4.69) is 40.4 Å². The molecular formula is C25H20N4O3S. The van der Waals surface area contributed by atoms with Crippen LogP contribution in [0.2, 0.25) is 0 Å². The third kappa shape index (κ3) is 4.25. The molecule has 0 amide bonds. The fourth-order valence-electron chi connectivity index (χ4n) is 3.56. The molecule has 0 saturated carbocycles. The van der Waals surface area contributed by atoms with Gasteiger partial charge >= 0.3 is 5.97 Å². The van der Waals surface area contributed by atoms with Gasteiger partial charge in [-0.15, -0.1) is 5.10 Å². The first-order chi connectivity index (χ1) is 16.1. The number of esters is 1. The van der Waals surface area contributed by atoms with Crippen molar-refractivity contribution in [2.75, 3.05) is 20.0 Å². The number of aromatic nitrogens is 4. The molecule has 0 aliphatic carbocycles. The van der Waals surface area contributed by atoms with Gasteiger partial charge in [-0.25, -0.2) is 4.98 Å². The smallest absolute Gasteiger partial charge is 0.316 e. The normalized spacial score (nSPS) is 11.1. The molecule has 164 valence electrons. The summed E-state index contributed by atoms with van der Waals surface area (Å²) in [6, 6.07) is 24.2. The third-order valence-corrected chi connectivity index (χ3v) is 6.08. The van der Waals surface area contributed by atoms with E-state index in [1.807, 2.05) is 42.5 Å². The summed E-state index contributed by atoms with van der Waals surface area (Å²) in [6.07, 6.45) is 0. The molecule has 0 radical (unpaired) electrons. The number of hydrogen-bond acceptors (Lipinski definition) is 7. The Bertz CT molecular complexity index is 1460. The van der Waals surface area contributed by atoms with Crippen molar-refractivity contribution in [1.82, 2.24) is 19.6 Å². The second kappa shape index (κ2) is 8.91. The van der Waals surface area contributed by atoms with Gasteiger partial charge in [-0.1, -0.05) is 48.2 Å². The summed E-state index contributed by atoms with van der Waals surface area (Å²) in [7, 11) is 3.00. The Morgan fingerprint density at radius 2 is 1.67 bits per heavy atom. The van der Waals surface area contributed by atoms with Gasteiger partial charge in [0.1, 0.15) is 5.75 Å². The summed E-state index contributed by atoms with van der Waals surface area (Å²) in [6.45, 7) is 0. The average Bonchev–Trinajstić information content (AvgIpc) is 3.29. The zero-order valence-corrected chi connectivity index (χ0v) is 18.9. The maximum absolute atomic E-state index is 11.6. The van der Waals surface area contributed by atoms with Gasteiger partial charge in [0, 0.05) is 11.1 Å². The van der Waals surface area contributed by atoms with Crippen LogP contribution in [0.4, 0.5) is 0 Å². The highest BCUT2D eigenvalue weighted by Gasteiger charge is 2.15. The number of thioether (sulfide) groups is 1. The van der Waals surface area contributed by atoms with E-state index in [0.29, 0.717) is 10.9 Å². The molecule has 7 nitrogen and oxygen atoms in total. The molecule has 5 aromatic rings. The van der Waals surface area contributed by atoms with Gasteiger partial charge in [0.15, 0.2) is 0 Å². The summed E-state index contributed by atoms with van der Waals surface area (Å²) in [5, 5.41) is 7.35. The van der Waals surface area contributed by atoms with Crippen LogP contribution in [0, 0.1) is 0 Å². The fraction of sp³-hybridized carbons (Fsp3) is 0.120. The molecular weight excluding hydrogens is 436 g/mol. The van der Waals surface area contributed by atoms with Crippen molar-refractivity contribution in [3.63, 3.8) is 0 Å². The first kappa shape index (κ1) is 21.0. The van der Waals surface area contributed by atoms with E-state index in [0.717, 1.165) is 33.7 Å². The van der Waals surface area contributed by atoms with Crippen LogP contribution in [0.3, 0.4) is 0 Å². The second-order valence-corrected chi connectivity index (χ2v) is 8.23. The highest BCUT2D eigenvalue weighted by atomic mass is 32.2. The van der Waals surface area contributed by atoms with Gasteiger partial charge in [-0.05, 0) is 47.2 Å². The molecule has 3 aromatic carbocycles. The van der Waals surface area contributed by atoms with Crippen LogP contribution in [0.5, 0.6) is 5.75 Å². The van der Waals surface area contributed by atoms with Crippen molar-refractivity contribution in [3.8, 4) is 28.3 Å². The first-order valence-electron chi connectivity index (χ1n) is 10.3. The molecule has 0 aliphatic heterocycles. The second-order valence-electron chi connectivity index (χ2n) is 7.29. The van der Waals surface area contributed by atoms with E-state index in [4.69, 9.17) is 14.5 Å². The van der Waals surface area contributed by atoms with Crippen molar-refractivity contribution in [2.24, 2.45) is 0 Å². The van der Waals surface area contributed by atoms with Crippen molar-refractivity contribution in [2.45, 2.75) is 5.16 Å². The lowest BCUT2D eigenvalue weighted by molar-refractivity contribution is -0.137. The summed E-state index contributed by atoms with van der Waals surface area (Å²) in [4.78, 5) is 20.9. The van der Waals surface area contributed by atoms with Gasteiger partial charge in [0.2, 0.25) is 5.16 Å². The Balaban J connectivity index is 1.65. The Kier molecular flexibility index (Phi) is 5.66. The number of carbonyl (C=O) groups is 1. The van der Waals surface area contributed by atoms with Crippen LogP contribution in [0.15, 0.2) is 78.0 Å². The predicted octanol–water partition coefficient (Wildman–Crippen LogP) is 4.89. The standard InChI is InChI=1S/C25H20N4O3S/c1-31-20-11-9-17(10-12-20)22-14-21(19-8-7-16-5-3-4-6-18(16)13-19)26-24-27-25(28-29(22)24)33-15-23(30)32-2/h3-14H,15H2,1-2H3. The number of benzene rings is 3. The van der Waals surface area contributed by atoms with Gasteiger partial charge in [-0.2, -0.15) is 9.50 Å². The quantitative estimate of drug-likeness (QED) is 0.266. The Morgan fingerprint density at radius 3 is 2.42 bits per heavy atom. The van der Waals surface area contributed by atoms with E-state index >= 15 is 0 Å². The average molecular weight is 457 g/mol. The third-order valence-electron chi connectivity index (χ3n) is 5.27. The Morgan fingerprint density at radius 1 is 0.909 bits per heavy atom. The van der Waals surface area contributed by atoms with Gasteiger partial charge in [-0.3, -0.25) is 4.79 Å². The number of fused-ring (bicyclic) bond motifs is 2. The van der Waals surface area contributed by atoms with Gasteiger partial charge < -0.3 is 9.47 Å². The maximum Gasteiger partial charge on any atom is 0.316 e. The van der Waals surface area contributed by atoms with Crippen LogP contribution in [0.1, 0.15) is 0 Å². The zero-order chi connectivity index (χ0) is 22.8. The summed E-state index contributed by atoms with van der Waals surface area (Å²) < 4.78 is 11.7. The van der Waals surface area contributed by atoms with Crippen molar-refractivity contribution < 1.29 is 14.3 Å². The lowest BCUT2D eigenvalue weighted by atomic mass is 10.0. The molecule has 5 rings (SSSR count). The molecule has 0 bridgehead atoms. The summed E-state index contributed by atoms with van der Waals surface area (Å²) in [5.74, 6) is 1.02. The minimum Gasteiger partial charge on any atom is -0.497 e. The van der Waals surface area contributed by atoms with E-state index in [1.165, 1.54) is 24.3 Å². The highest BCUT2D eigenvalue weighted by molar-refractivity contribution is 7.99. The zero-order valence-electron chi connectivity index (χ0n) is 18.1. The van der Waals surface area contributed by atoms with Crippen LogP contribution in [-0.2, 0) is 9.53 Å². The van der Waals surface area contributed by atoms with E-state index in [9.17, 15) is 4.79 Å². The lowest BCUT2D eigenvalue weighted by Gasteiger charge is -2.09. The first-order valence-corrected chi connectivity index (χ1v) is 11.2. The minimum atomic E-state index is -0.334. The SMILES string of the molecule is COC(=O)CSc1nc2nc(-c3ccc4ccccc4c3)cc(-c3ccc(OC)cc3)n2n1. The van der Waals surface area contributed by atoms with Gasteiger partial charge in [0.05, 0.1) is 31.4 Å². The molecule has 0 fully saturated rings. The number of rotatable bonds is 6. The predicted molar refractivity (Wildman–Crippen MR) is 128 cm³/mol. The van der Waals surface area contributed by atoms with E-state index in [1.54, 1.807) is 11.6 Å². The van der Waals surface area contributed by atoms with Crippen LogP contribution in [0.25, 0.3) is 39.1 Å². The van der Waals surface area contributed by atoms with Crippen molar-refractivity contribution in [1.29, 1.82) is 0 Å². The number of ether oxygens (including phenoxy) is 2. The monoisotopic (exact) mass is 456 g/mol. The summed E-state index contributed by atoms with van der Waals surface area (Å²) in [5.41, 5.74) is 3.55. The van der Waals surface area contributed by atoms with Crippen molar-refractivity contribution in [3.05, 3.63) is 72.8 Å². The molecule has 0 N–H and O–H groups in total. The van der Waals surface area contributed by atoms with Crippen LogP contribution in [-0.4, -0.2) is 45.5 Å². The number of hydrogen-bond donors (Lipinski definition) is 0. The van der Waals surface area contributed by atoms with E-state index < -0.39 is 0 Å². The largest absolute Gasteiger partial charge is 0.497 e. The Hall–Kier alpha value is -3.91. The molecule has 2 heterocycles. The Labute approximate surface area is 194 Å². The minimum absolute atomic E-state index is 0.128. The molecule has 33 heavy (non-hydrogen) atoms. The summed E-state index contributed by atoms with van der Waals surface area (Å²) >= 11 is 1.21. The fourth-order valence-corrected chi connectivity index (χ4v) is 4.21. The van der Waals surface area contributed by atoms with Crippen LogP contribution >= 0.6 is 11.8 Å². The number of nitrogens with zero attached hydrogens (tertiary/aromatic N) is 4. The topological polar surface area (TPSA) is 78.6 Å². The molecule has 0 unspecified atom stereocenters. The molecule has 8 heteroatoms. The van der Waals surface area contributed by atoms with Crippen molar-refractivity contribution >= 4 is 34.3 Å². The van der Waals surface area contributed by atoms with E-state index in [-0.39, 0.29) is 11.7 Å². The molecule has 0 atom stereocenters. The number of carbonyl (C=O) groups excluding carboxylic acids is 1. The lowest BCUT2D eigenvalue weighted by Crippen LogP contribution is -2.03. The molecule has 0 spiro atoms. The highest BCUT2D eigenvalue weighted by Crippen LogP contribution is 2.30. The maximum atomic E-state index is 11.6.